The van der Waals surface area contributed by atoms with Gasteiger partial charge in [0.1, 0.15) is 0 Å². The average molecular weight is 142 g/mol. The Bertz CT molecular complexity index is 131. The molecule has 1 aliphatic rings. The molecule has 2 heteroatoms. The van der Waals surface area contributed by atoms with E-state index in [0.29, 0.717) is 5.92 Å². The highest BCUT2D eigenvalue weighted by Crippen LogP contribution is 2.19. The molecular formula is C8H14O2. The van der Waals surface area contributed by atoms with Crippen LogP contribution in [0.4, 0.5) is 0 Å². The number of hydrogen-bond donors (Lipinski definition) is 1. The summed E-state index contributed by atoms with van der Waals surface area (Å²) in [6, 6.07) is 0. The van der Waals surface area contributed by atoms with Crippen molar-refractivity contribution in [1.29, 1.82) is 0 Å². The zero-order chi connectivity index (χ0) is 7.56. The summed E-state index contributed by atoms with van der Waals surface area (Å²) in [7, 11) is 1.64. The molecule has 0 fully saturated rings. The topological polar surface area (TPSA) is 29.5 Å². The van der Waals surface area contributed by atoms with Gasteiger partial charge in [-0.3, -0.25) is 0 Å². The Kier molecular flexibility index (Phi) is 2.46. The molecule has 0 spiro atoms. The quantitative estimate of drug-likeness (QED) is 0.552. The molecule has 1 N–H and O–H groups in total. The molecule has 0 radical (unpaired) electrons. The SMILES string of the molecule is CO[C@H]1CC(C)C=CC1O. The van der Waals surface area contributed by atoms with Gasteiger partial charge in [0.05, 0.1) is 12.2 Å². The Labute approximate surface area is 61.5 Å². The molecule has 0 aliphatic heterocycles. The fourth-order valence-electron chi connectivity index (χ4n) is 1.25. The third-order valence-electron chi connectivity index (χ3n) is 1.92. The van der Waals surface area contributed by atoms with E-state index < -0.39 is 6.10 Å². The van der Waals surface area contributed by atoms with Gasteiger partial charge in [0.25, 0.3) is 0 Å². The molecule has 3 atom stereocenters. The lowest BCUT2D eigenvalue weighted by atomic mass is 9.93. The fraction of sp³-hybridized carbons (Fsp3) is 0.750. The van der Waals surface area contributed by atoms with Gasteiger partial charge in [-0.05, 0) is 12.3 Å². The third kappa shape index (κ3) is 1.58. The molecule has 0 aromatic carbocycles. The van der Waals surface area contributed by atoms with E-state index in [-0.39, 0.29) is 6.10 Å². The third-order valence-corrected chi connectivity index (χ3v) is 1.92. The van der Waals surface area contributed by atoms with E-state index in [1.165, 1.54) is 0 Å². The molecule has 0 saturated heterocycles. The first-order chi connectivity index (χ1) is 4.74. The standard InChI is InChI=1S/C8H14O2/c1-6-3-4-7(9)8(5-6)10-2/h3-4,6-9H,5H2,1-2H3/t6?,7?,8-/m0/s1. The Morgan fingerprint density at radius 1 is 1.50 bits per heavy atom. The number of allylic oxidation sites excluding steroid dienone is 1. The van der Waals surface area contributed by atoms with Crippen molar-refractivity contribution in [3.63, 3.8) is 0 Å². The predicted octanol–water partition coefficient (Wildman–Crippen LogP) is 0.958. The normalized spacial score (nSPS) is 40.1. The maximum atomic E-state index is 9.27. The van der Waals surface area contributed by atoms with Crippen LogP contribution in [0.2, 0.25) is 0 Å². The number of ether oxygens (including phenoxy) is 1. The van der Waals surface area contributed by atoms with Crippen molar-refractivity contribution in [2.45, 2.75) is 25.6 Å². The van der Waals surface area contributed by atoms with Crippen LogP contribution in [-0.4, -0.2) is 24.4 Å². The van der Waals surface area contributed by atoms with Crippen LogP contribution in [0, 0.1) is 5.92 Å². The Morgan fingerprint density at radius 2 is 2.20 bits per heavy atom. The summed E-state index contributed by atoms with van der Waals surface area (Å²) in [6.45, 7) is 2.12. The van der Waals surface area contributed by atoms with Crippen LogP contribution in [0.5, 0.6) is 0 Å². The van der Waals surface area contributed by atoms with Crippen LogP contribution in [0.25, 0.3) is 0 Å². The van der Waals surface area contributed by atoms with E-state index in [0.717, 1.165) is 6.42 Å². The summed E-state index contributed by atoms with van der Waals surface area (Å²) < 4.78 is 5.07. The second-order valence-corrected chi connectivity index (χ2v) is 2.86. The summed E-state index contributed by atoms with van der Waals surface area (Å²) in [5.41, 5.74) is 0. The van der Waals surface area contributed by atoms with Crippen LogP contribution >= 0.6 is 0 Å². The van der Waals surface area contributed by atoms with Crippen LogP contribution in [0.15, 0.2) is 12.2 Å². The maximum absolute atomic E-state index is 9.27. The van der Waals surface area contributed by atoms with Crippen molar-refractivity contribution < 1.29 is 9.84 Å². The van der Waals surface area contributed by atoms with Crippen molar-refractivity contribution >= 4 is 0 Å². The smallest absolute Gasteiger partial charge is 0.0982 e. The predicted molar refractivity (Wildman–Crippen MR) is 39.7 cm³/mol. The van der Waals surface area contributed by atoms with Gasteiger partial charge in [0.2, 0.25) is 0 Å². The van der Waals surface area contributed by atoms with Crippen molar-refractivity contribution in [3.8, 4) is 0 Å². The highest BCUT2D eigenvalue weighted by Gasteiger charge is 2.21. The van der Waals surface area contributed by atoms with Crippen LogP contribution in [-0.2, 0) is 4.74 Å². The van der Waals surface area contributed by atoms with Crippen LogP contribution < -0.4 is 0 Å². The molecule has 0 bridgehead atoms. The zero-order valence-corrected chi connectivity index (χ0v) is 6.45. The zero-order valence-electron chi connectivity index (χ0n) is 6.45. The molecule has 2 nitrogen and oxygen atoms in total. The lowest BCUT2D eigenvalue weighted by molar-refractivity contribution is -0.00370. The summed E-state index contributed by atoms with van der Waals surface area (Å²) in [6.07, 6.45) is 4.36. The molecule has 2 unspecified atom stereocenters. The van der Waals surface area contributed by atoms with E-state index in [2.05, 4.69) is 6.92 Å². The molecule has 0 aromatic heterocycles. The average Bonchev–Trinajstić information content (AvgIpc) is 1.94. The summed E-state index contributed by atoms with van der Waals surface area (Å²) in [4.78, 5) is 0. The number of aliphatic hydroxyl groups is 1. The minimum absolute atomic E-state index is 0.000000000000000222. The van der Waals surface area contributed by atoms with Crippen LogP contribution in [0.3, 0.4) is 0 Å². The number of rotatable bonds is 1. The van der Waals surface area contributed by atoms with E-state index in [4.69, 9.17) is 4.74 Å². The van der Waals surface area contributed by atoms with Crippen molar-refractivity contribution in [3.05, 3.63) is 12.2 Å². The first-order valence-corrected chi connectivity index (χ1v) is 3.63. The molecular weight excluding hydrogens is 128 g/mol. The minimum Gasteiger partial charge on any atom is -0.386 e. The number of hydrogen-bond acceptors (Lipinski definition) is 2. The number of aliphatic hydroxyl groups excluding tert-OH is 1. The first-order valence-electron chi connectivity index (χ1n) is 3.63. The molecule has 1 aliphatic carbocycles. The van der Waals surface area contributed by atoms with Gasteiger partial charge in [-0.2, -0.15) is 0 Å². The molecule has 10 heavy (non-hydrogen) atoms. The molecule has 0 heterocycles. The fourth-order valence-corrected chi connectivity index (χ4v) is 1.25. The summed E-state index contributed by atoms with van der Waals surface area (Å²) in [5.74, 6) is 0.536. The number of methoxy groups -OCH3 is 1. The molecule has 0 saturated carbocycles. The molecule has 0 amide bonds. The Hall–Kier alpha value is -0.340. The van der Waals surface area contributed by atoms with Crippen molar-refractivity contribution in [2.24, 2.45) is 5.92 Å². The van der Waals surface area contributed by atoms with Crippen LogP contribution in [0.1, 0.15) is 13.3 Å². The van der Waals surface area contributed by atoms with Crippen molar-refractivity contribution in [1.82, 2.24) is 0 Å². The van der Waals surface area contributed by atoms with E-state index in [1.807, 2.05) is 12.2 Å². The Balaban J connectivity index is 2.53. The largest absolute Gasteiger partial charge is 0.386 e. The van der Waals surface area contributed by atoms with E-state index in [1.54, 1.807) is 7.11 Å². The lowest BCUT2D eigenvalue weighted by Crippen LogP contribution is -2.30. The van der Waals surface area contributed by atoms with Gasteiger partial charge >= 0.3 is 0 Å². The Morgan fingerprint density at radius 3 is 2.70 bits per heavy atom. The molecule has 0 aromatic rings. The molecule has 1 rings (SSSR count). The molecule has 58 valence electrons. The first kappa shape index (κ1) is 7.76. The summed E-state index contributed by atoms with van der Waals surface area (Å²) >= 11 is 0. The summed E-state index contributed by atoms with van der Waals surface area (Å²) in [5, 5.41) is 9.27. The highest BCUT2D eigenvalue weighted by molar-refractivity contribution is 5.01. The van der Waals surface area contributed by atoms with Gasteiger partial charge in [0, 0.05) is 7.11 Å². The lowest BCUT2D eigenvalue weighted by Gasteiger charge is -2.25. The second-order valence-electron chi connectivity index (χ2n) is 2.86. The van der Waals surface area contributed by atoms with Gasteiger partial charge in [-0.1, -0.05) is 19.1 Å². The maximum Gasteiger partial charge on any atom is 0.0982 e. The highest BCUT2D eigenvalue weighted by atomic mass is 16.5. The van der Waals surface area contributed by atoms with Gasteiger partial charge in [-0.15, -0.1) is 0 Å². The van der Waals surface area contributed by atoms with Gasteiger partial charge in [-0.25, -0.2) is 0 Å². The van der Waals surface area contributed by atoms with Gasteiger partial charge in [0.15, 0.2) is 0 Å². The minimum atomic E-state index is -0.402. The second kappa shape index (κ2) is 3.17. The monoisotopic (exact) mass is 142 g/mol. The van der Waals surface area contributed by atoms with E-state index in [9.17, 15) is 5.11 Å². The van der Waals surface area contributed by atoms with Crippen molar-refractivity contribution in [2.75, 3.05) is 7.11 Å². The van der Waals surface area contributed by atoms with Gasteiger partial charge < -0.3 is 9.84 Å². The van der Waals surface area contributed by atoms with E-state index >= 15 is 0 Å².